The van der Waals surface area contributed by atoms with Gasteiger partial charge in [0.25, 0.3) is 11.8 Å². The van der Waals surface area contributed by atoms with E-state index in [1.807, 2.05) is 13.8 Å². The van der Waals surface area contributed by atoms with Crippen molar-refractivity contribution in [2.75, 3.05) is 18.5 Å². The van der Waals surface area contributed by atoms with Crippen molar-refractivity contribution < 1.29 is 33.4 Å². The number of hydrazine groups is 1. The van der Waals surface area contributed by atoms with Crippen LogP contribution in [0.5, 0.6) is 0 Å². The number of rotatable bonds is 10. The quantitative estimate of drug-likeness (QED) is 0.358. The first-order chi connectivity index (χ1) is 16.2. The first kappa shape index (κ1) is 26.0. The van der Waals surface area contributed by atoms with Gasteiger partial charge >= 0.3 is 11.9 Å². The highest BCUT2D eigenvalue weighted by Gasteiger charge is 2.13. The van der Waals surface area contributed by atoms with Gasteiger partial charge in [-0.1, -0.05) is 32.0 Å². The fraction of sp³-hybridized carbons (Fsp3) is 0.292. The minimum atomic E-state index is -0.747. The molecule has 2 aromatic carbocycles. The summed E-state index contributed by atoms with van der Waals surface area (Å²) in [5, 5.41) is 2.60. The smallest absolute Gasteiger partial charge is 0.338 e. The summed E-state index contributed by atoms with van der Waals surface area (Å²) in [5.74, 6) is -2.65. The molecule has 0 atom stereocenters. The summed E-state index contributed by atoms with van der Waals surface area (Å²) < 4.78 is 9.93. The predicted molar refractivity (Wildman–Crippen MR) is 122 cm³/mol. The zero-order valence-electron chi connectivity index (χ0n) is 19.0. The van der Waals surface area contributed by atoms with Gasteiger partial charge in [-0.25, -0.2) is 4.79 Å². The van der Waals surface area contributed by atoms with E-state index in [-0.39, 0.29) is 18.8 Å². The van der Waals surface area contributed by atoms with Gasteiger partial charge in [0.1, 0.15) is 0 Å². The van der Waals surface area contributed by atoms with E-state index >= 15 is 0 Å². The summed E-state index contributed by atoms with van der Waals surface area (Å²) in [6.07, 6.45) is -0.404. The molecule has 3 amide bonds. The second kappa shape index (κ2) is 13.4. The second-order valence-electron chi connectivity index (χ2n) is 7.65. The van der Waals surface area contributed by atoms with Crippen molar-refractivity contribution in [3.05, 3.63) is 65.7 Å². The Balaban J connectivity index is 1.64. The molecule has 0 saturated heterocycles. The van der Waals surface area contributed by atoms with Gasteiger partial charge in [-0.2, -0.15) is 0 Å². The monoisotopic (exact) mass is 469 g/mol. The van der Waals surface area contributed by atoms with Crippen LogP contribution in [0.25, 0.3) is 0 Å². The largest absolute Gasteiger partial charge is 0.462 e. The number of anilines is 1. The molecule has 0 aromatic heterocycles. The first-order valence-electron chi connectivity index (χ1n) is 10.6. The molecule has 0 bridgehead atoms. The maximum Gasteiger partial charge on any atom is 0.338 e. The molecular weight excluding hydrogens is 442 g/mol. The van der Waals surface area contributed by atoms with E-state index in [0.717, 1.165) is 0 Å². The molecule has 0 aliphatic rings. The van der Waals surface area contributed by atoms with Crippen LogP contribution >= 0.6 is 0 Å². The molecule has 180 valence electrons. The van der Waals surface area contributed by atoms with Crippen molar-refractivity contribution in [2.24, 2.45) is 5.92 Å². The van der Waals surface area contributed by atoms with Gasteiger partial charge in [0.2, 0.25) is 5.91 Å². The molecule has 0 fully saturated rings. The topological polar surface area (TPSA) is 140 Å². The van der Waals surface area contributed by atoms with Crippen LogP contribution < -0.4 is 16.2 Å². The van der Waals surface area contributed by atoms with Gasteiger partial charge < -0.3 is 14.8 Å². The van der Waals surface area contributed by atoms with Gasteiger partial charge in [0.15, 0.2) is 6.61 Å². The van der Waals surface area contributed by atoms with Gasteiger partial charge in [-0.3, -0.25) is 30.0 Å². The maximum absolute atomic E-state index is 12.0. The van der Waals surface area contributed by atoms with Crippen molar-refractivity contribution in [3.63, 3.8) is 0 Å². The van der Waals surface area contributed by atoms with Crippen LogP contribution in [0.4, 0.5) is 5.69 Å². The molecule has 0 unspecified atom stereocenters. The highest BCUT2D eigenvalue weighted by Crippen LogP contribution is 2.12. The molecule has 0 radical (unpaired) electrons. The van der Waals surface area contributed by atoms with E-state index in [1.54, 1.807) is 42.5 Å². The summed E-state index contributed by atoms with van der Waals surface area (Å²) in [7, 11) is 0. The van der Waals surface area contributed by atoms with E-state index in [1.165, 1.54) is 12.1 Å². The average molecular weight is 469 g/mol. The Morgan fingerprint density at radius 3 is 2.09 bits per heavy atom. The van der Waals surface area contributed by atoms with Crippen LogP contribution in [0.3, 0.4) is 0 Å². The number of hydrogen-bond acceptors (Lipinski definition) is 7. The number of hydrogen-bond donors (Lipinski definition) is 3. The Morgan fingerprint density at radius 2 is 1.44 bits per heavy atom. The number of carbonyl (C=O) groups excluding carboxylic acids is 5. The highest BCUT2D eigenvalue weighted by atomic mass is 16.5. The summed E-state index contributed by atoms with van der Waals surface area (Å²) in [6, 6.07) is 14.4. The second-order valence-corrected chi connectivity index (χ2v) is 7.65. The highest BCUT2D eigenvalue weighted by molar-refractivity contribution is 5.96. The summed E-state index contributed by atoms with van der Waals surface area (Å²) >= 11 is 0. The van der Waals surface area contributed by atoms with Gasteiger partial charge in [0, 0.05) is 17.7 Å². The van der Waals surface area contributed by atoms with Gasteiger partial charge in [-0.05, 0) is 42.3 Å². The van der Waals surface area contributed by atoms with E-state index in [0.29, 0.717) is 23.4 Å². The number of esters is 2. The number of benzene rings is 2. The molecule has 2 rings (SSSR count). The lowest BCUT2D eigenvalue weighted by atomic mass is 10.2. The Morgan fingerprint density at radius 1 is 0.765 bits per heavy atom. The summed E-state index contributed by atoms with van der Waals surface area (Å²) in [6.45, 7) is 3.58. The molecule has 0 saturated carbocycles. The minimum Gasteiger partial charge on any atom is -0.462 e. The third-order valence-electron chi connectivity index (χ3n) is 4.22. The number of amides is 3. The van der Waals surface area contributed by atoms with Crippen molar-refractivity contribution in [3.8, 4) is 0 Å². The SMILES string of the molecule is CC(C)COC(=O)c1ccc(NC(=O)CCC(=O)OCC(=O)NNC(=O)c2ccccc2)cc1. The van der Waals surface area contributed by atoms with Crippen molar-refractivity contribution in [1.29, 1.82) is 0 Å². The van der Waals surface area contributed by atoms with Crippen LogP contribution in [-0.2, 0) is 23.9 Å². The van der Waals surface area contributed by atoms with Gasteiger partial charge in [-0.15, -0.1) is 0 Å². The van der Waals surface area contributed by atoms with Crippen molar-refractivity contribution in [1.82, 2.24) is 10.9 Å². The van der Waals surface area contributed by atoms with E-state index in [2.05, 4.69) is 16.2 Å². The zero-order chi connectivity index (χ0) is 24.9. The Kier molecular flexibility index (Phi) is 10.2. The Bertz CT molecular complexity index is 1000. The summed E-state index contributed by atoms with van der Waals surface area (Å²) in [4.78, 5) is 59.2. The molecule has 3 N–H and O–H groups in total. The lowest BCUT2D eigenvalue weighted by Gasteiger charge is -2.09. The predicted octanol–water partition coefficient (Wildman–Crippen LogP) is 2.22. The zero-order valence-corrected chi connectivity index (χ0v) is 19.0. The molecule has 2 aromatic rings. The first-order valence-corrected chi connectivity index (χ1v) is 10.6. The van der Waals surface area contributed by atoms with Crippen LogP contribution in [0.15, 0.2) is 54.6 Å². The maximum atomic E-state index is 12.0. The third-order valence-corrected chi connectivity index (χ3v) is 4.22. The van der Waals surface area contributed by atoms with E-state index in [9.17, 15) is 24.0 Å². The molecule has 10 heteroatoms. The van der Waals surface area contributed by atoms with Crippen LogP contribution in [0.2, 0.25) is 0 Å². The molecule has 34 heavy (non-hydrogen) atoms. The molecule has 0 aliphatic heterocycles. The van der Waals surface area contributed by atoms with Crippen LogP contribution in [0.1, 0.15) is 47.4 Å². The average Bonchev–Trinajstić information content (AvgIpc) is 2.84. The Labute approximate surface area is 197 Å². The molecular formula is C24H27N3O7. The molecule has 0 aliphatic carbocycles. The van der Waals surface area contributed by atoms with Crippen LogP contribution in [-0.4, -0.2) is 42.9 Å². The fourth-order valence-corrected chi connectivity index (χ4v) is 2.50. The molecule has 0 heterocycles. The lowest BCUT2D eigenvalue weighted by molar-refractivity contribution is -0.149. The van der Waals surface area contributed by atoms with Crippen LogP contribution in [0, 0.1) is 5.92 Å². The number of nitrogens with one attached hydrogen (secondary N) is 3. The summed E-state index contributed by atoms with van der Waals surface area (Å²) in [5.41, 5.74) is 5.50. The van der Waals surface area contributed by atoms with Gasteiger partial charge in [0.05, 0.1) is 18.6 Å². The third kappa shape index (κ3) is 9.51. The molecule has 0 spiro atoms. The number of carbonyl (C=O) groups is 5. The fourth-order valence-electron chi connectivity index (χ4n) is 2.50. The minimum absolute atomic E-state index is 0.163. The standard InChI is InChI=1S/C24H27N3O7/c1-16(2)14-34-24(32)18-8-10-19(11-9-18)25-20(28)12-13-22(30)33-15-21(29)26-27-23(31)17-6-4-3-5-7-17/h3-11,16H,12-15H2,1-2H3,(H,25,28)(H,26,29)(H,27,31). The van der Waals surface area contributed by atoms with E-state index < -0.39 is 36.3 Å². The Hall–Kier alpha value is -4.21. The van der Waals surface area contributed by atoms with E-state index in [4.69, 9.17) is 9.47 Å². The van der Waals surface area contributed by atoms with Crippen molar-refractivity contribution >= 4 is 35.3 Å². The number of ether oxygens (including phenoxy) is 2. The normalized spacial score (nSPS) is 10.2. The molecule has 10 nitrogen and oxygen atoms in total. The lowest BCUT2D eigenvalue weighted by Crippen LogP contribution is -2.43. The van der Waals surface area contributed by atoms with Crippen molar-refractivity contribution in [2.45, 2.75) is 26.7 Å².